The fourth-order valence-electron chi connectivity index (χ4n) is 3.63. The first-order chi connectivity index (χ1) is 14.6. The van der Waals surface area contributed by atoms with Gasteiger partial charge in [0.1, 0.15) is 17.2 Å². The van der Waals surface area contributed by atoms with E-state index in [1.54, 1.807) is 26.4 Å². The largest absolute Gasteiger partial charge is 0.508 e. The molecule has 3 N–H and O–H groups in total. The second-order valence-electron chi connectivity index (χ2n) is 7.32. The van der Waals surface area contributed by atoms with E-state index in [1.807, 2.05) is 25.1 Å². The van der Waals surface area contributed by atoms with Gasteiger partial charge >= 0.3 is 0 Å². The number of methoxy groups -OCH3 is 2. The molecular weight excluding hydrogens is 380 g/mol. The van der Waals surface area contributed by atoms with Crippen molar-refractivity contribution in [2.24, 2.45) is 4.99 Å². The average Bonchev–Trinajstić information content (AvgIpc) is 2.78. The molecular formula is C23H32N4O3. The molecule has 0 aromatic heterocycles. The van der Waals surface area contributed by atoms with Crippen molar-refractivity contribution < 1.29 is 14.6 Å². The normalized spacial score (nSPS) is 16.8. The zero-order valence-corrected chi connectivity index (χ0v) is 18.0. The molecule has 7 nitrogen and oxygen atoms in total. The molecule has 0 radical (unpaired) electrons. The zero-order chi connectivity index (χ0) is 21.3. The van der Waals surface area contributed by atoms with Gasteiger partial charge in [0.25, 0.3) is 0 Å². The molecule has 0 saturated carbocycles. The van der Waals surface area contributed by atoms with Gasteiger partial charge in [-0.05, 0) is 50.1 Å². The highest BCUT2D eigenvalue weighted by Crippen LogP contribution is 2.25. The van der Waals surface area contributed by atoms with Gasteiger partial charge in [-0.15, -0.1) is 0 Å². The predicted molar refractivity (Wildman–Crippen MR) is 121 cm³/mol. The van der Waals surface area contributed by atoms with Crippen LogP contribution in [0.2, 0.25) is 0 Å². The highest BCUT2D eigenvalue weighted by molar-refractivity contribution is 5.80. The smallest absolute Gasteiger partial charge is 0.191 e. The number of anilines is 1. The van der Waals surface area contributed by atoms with E-state index in [9.17, 15) is 5.11 Å². The van der Waals surface area contributed by atoms with Crippen LogP contribution in [0.15, 0.2) is 47.5 Å². The van der Waals surface area contributed by atoms with Crippen molar-refractivity contribution in [3.8, 4) is 17.2 Å². The Labute approximate surface area is 178 Å². The Morgan fingerprint density at radius 2 is 1.97 bits per heavy atom. The van der Waals surface area contributed by atoms with Crippen molar-refractivity contribution in [3.05, 3.63) is 48.0 Å². The van der Waals surface area contributed by atoms with Crippen LogP contribution in [0.25, 0.3) is 0 Å². The minimum Gasteiger partial charge on any atom is -0.508 e. The maximum atomic E-state index is 10.1. The number of aliphatic imine (C=N–C) groups is 1. The number of nitrogens with one attached hydrogen (secondary N) is 2. The Hall–Kier alpha value is -3.09. The fraction of sp³-hybridized carbons (Fsp3) is 0.435. The summed E-state index contributed by atoms with van der Waals surface area (Å²) in [5.41, 5.74) is 1.90. The summed E-state index contributed by atoms with van der Waals surface area (Å²) in [5.74, 6) is 2.54. The van der Waals surface area contributed by atoms with Crippen LogP contribution >= 0.6 is 0 Å². The van der Waals surface area contributed by atoms with E-state index >= 15 is 0 Å². The number of rotatable bonds is 7. The molecule has 2 aromatic rings. The standard InChI is InChI=1S/C23H32N4O3/c1-4-24-23(25-15-17-13-21(30-3)10-11-22(17)28)26-18-7-6-12-27(16-18)19-8-5-9-20(14-19)29-2/h5,8-11,13-14,18,28H,4,6-7,12,15-16H2,1-3H3,(H2,24,25,26). The Bertz CT molecular complexity index is 856. The molecule has 1 unspecified atom stereocenters. The fourth-order valence-corrected chi connectivity index (χ4v) is 3.63. The van der Waals surface area contributed by atoms with Gasteiger partial charge in [-0.25, -0.2) is 4.99 Å². The van der Waals surface area contributed by atoms with Gasteiger partial charge in [0.2, 0.25) is 0 Å². The molecule has 1 fully saturated rings. The summed E-state index contributed by atoms with van der Waals surface area (Å²) in [6.07, 6.45) is 2.18. The van der Waals surface area contributed by atoms with Crippen molar-refractivity contribution in [3.63, 3.8) is 0 Å². The van der Waals surface area contributed by atoms with Crippen LogP contribution in [0.3, 0.4) is 0 Å². The van der Waals surface area contributed by atoms with Gasteiger partial charge in [0.15, 0.2) is 5.96 Å². The summed E-state index contributed by atoms with van der Waals surface area (Å²) < 4.78 is 10.6. The summed E-state index contributed by atoms with van der Waals surface area (Å²) in [5, 5.41) is 17.0. The average molecular weight is 413 g/mol. The van der Waals surface area contributed by atoms with Crippen molar-refractivity contribution in [1.29, 1.82) is 0 Å². The third kappa shape index (κ3) is 5.72. The number of nitrogens with zero attached hydrogens (tertiary/aromatic N) is 2. The molecule has 0 spiro atoms. The number of aromatic hydroxyl groups is 1. The second-order valence-corrected chi connectivity index (χ2v) is 7.32. The van der Waals surface area contributed by atoms with E-state index in [2.05, 4.69) is 32.7 Å². The number of phenols is 1. The van der Waals surface area contributed by atoms with Crippen LogP contribution in [0.4, 0.5) is 5.69 Å². The second kappa shape index (κ2) is 10.6. The van der Waals surface area contributed by atoms with E-state index in [0.717, 1.165) is 49.7 Å². The number of ether oxygens (including phenoxy) is 2. The van der Waals surface area contributed by atoms with Crippen LogP contribution in [0, 0.1) is 0 Å². The highest BCUT2D eigenvalue weighted by Gasteiger charge is 2.21. The summed E-state index contributed by atoms with van der Waals surface area (Å²) in [6.45, 7) is 5.09. The number of phenolic OH excluding ortho intramolecular Hbond substituents is 1. The third-order valence-electron chi connectivity index (χ3n) is 5.22. The number of benzene rings is 2. The SMILES string of the molecule is CCNC(=NCc1cc(OC)ccc1O)NC1CCCN(c2cccc(OC)c2)C1. The summed E-state index contributed by atoms with van der Waals surface area (Å²) in [7, 11) is 3.31. The van der Waals surface area contributed by atoms with Crippen molar-refractivity contribution in [2.75, 3.05) is 38.8 Å². The molecule has 1 aliphatic heterocycles. The van der Waals surface area contributed by atoms with Crippen LogP contribution < -0.4 is 25.0 Å². The number of hydrogen-bond donors (Lipinski definition) is 3. The van der Waals surface area contributed by atoms with Crippen LogP contribution in [-0.2, 0) is 6.54 Å². The molecule has 2 aromatic carbocycles. The lowest BCUT2D eigenvalue weighted by Crippen LogP contribution is -2.51. The van der Waals surface area contributed by atoms with Crippen LogP contribution in [0.5, 0.6) is 17.2 Å². The topological polar surface area (TPSA) is 78.4 Å². The number of piperidine rings is 1. The molecule has 0 bridgehead atoms. The third-order valence-corrected chi connectivity index (χ3v) is 5.22. The van der Waals surface area contributed by atoms with Gasteiger partial charge in [-0.2, -0.15) is 0 Å². The molecule has 0 amide bonds. The van der Waals surface area contributed by atoms with E-state index in [0.29, 0.717) is 12.3 Å². The lowest BCUT2D eigenvalue weighted by molar-refractivity contribution is 0.411. The van der Waals surface area contributed by atoms with E-state index in [-0.39, 0.29) is 11.8 Å². The summed E-state index contributed by atoms with van der Waals surface area (Å²) >= 11 is 0. The zero-order valence-electron chi connectivity index (χ0n) is 18.0. The molecule has 1 aliphatic rings. The first-order valence-corrected chi connectivity index (χ1v) is 10.4. The molecule has 1 atom stereocenters. The van der Waals surface area contributed by atoms with E-state index in [4.69, 9.17) is 9.47 Å². The molecule has 3 rings (SSSR count). The molecule has 0 aliphatic carbocycles. The van der Waals surface area contributed by atoms with Gasteiger partial charge in [-0.3, -0.25) is 0 Å². The van der Waals surface area contributed by atoms with E-state index in [1.165, 1.54) is 5.69 Å². The minimum atomic E-state index is 0.220. The van der Waals surface area contributed by atoms with Gasteiger partial charge in [-0.1, -0.05) is 6.07 Å². The summed E-state index contributed by atoms with van der Waals surface area (Å²) in [6, 6.07) is 13.7. The Kier molecular flexibility index (Phi) is 7.65. The first kappa shape index (κ1) is 21.6. The van der Waals surface area contributed by atoms with Crippen LogP contribution in [-0.4, -0.2) is 51.0 Å². The maximum absolute atomic E-state index is 10.1. The van der Waals surface area contributed by atoms with Gasteiger partial charge in [0.05, 0.1) is 20.8 Å². The molecule has 162 valence electrons. The Morgan fingerprint density at radius 3 is 2.73 bits per heavy atom. The Morgan fingerprint density at radius 1 is 1.17 bits per heavy atom. The lowest BCUT2D eigenvalue weighted by Gasteiger charge is -2.35. The van der Waals surface area contributed by atoms with Gasteiger partial charge < -0.3 is 30.1 Å². The predicted octanol–water partition coefficient (Wildman–Crippen LogP) is 3.13. The van der Waals surface area contributed by atoms with Crippen molar-refractivity contribution in [1.82, 2.24) is 10.6 Å². The first-order valence-electron chi connectivity index (χ1n) is 10.4. The lowest BCUT2D eigenvalue weighted by atomic mass is 10.0. The number of hydrogen-bond acceptors (Lipinski definition) is 5. The Balaban J connectivity index is 1.67. The van der Waals surface area contributed by atoms with Crippen molar-refractivity contribution >= 4 is 11.6 Å². The maximum Gasteiger partial charge on any atom is 0.191 e. The molecule has 7 heteroatoms. The highest BCUT2D eigenvalue weighted by atomic mass is 16.5. The molecule has 1 saturated heterocycles. The molecule has 30 heavy (non-hydrogen) atoms. The van der Waals surface area contributed by atoms with Crippen LogP contribution in [0.1, 0.15) is 25.3 Å². The quantitative estimate of drug-likeness (QED) is 0.479. The van der Waals surface area contributed by atoms with Gasteiger partial charge in [0, 0.05) is 43.0 Å². The summed E-state index contributed by atoms with van der Waals surface area (Å²) in [4.78, 5) is 7.06. The molecule has 1 heterocycles. The monoisotopic (exact) mass is 412 g/mol. The minimum absolute atomic E-state index is 0.220. The van der Waals surface area contributed by atoms with Crippen molar-refractivity contribution in [2.45, 2.75) is 32.4 Å². The number of guanidine groups is 1. The van der Waals surface area contributed by atoms with E-state index < -0.39 is 0 Å².